The molecule has 0 atom stereocenters. The van der Waals surface area contributed by atoms with E-state index in [4.69, 9.17) is 0 Å². The number of hydrogen-bond donors (Lipinski definition) is 1. The molecule has 1 aliphatic carbocycles. The largest absolute Gasteiger partial charge is 0.338 e. The van der Waals surface area contributed by atoms with Crippen LogP contribution in [0.5, 0.6) is 0 Å². The summed E-state index contributed by atoms with van der Waals surface area (Å²) < 4.78 is 32.0. The van der Waals surface area contributed by atoms with E-state index < -0.39 is 11.6 Å². The molecule has 1 saturated carbocycles. The van der Waals surface area contributed by atoms with Crippen molar-refractivity contribution < 1.29 is 13.6 Å². The van der Waals surface area contributed by atoms with E-state index >= 15 is 4.39 Å². The van der Waals surface area contributed by atoms with Crippen LogP contribution in [0.1, 0.15) is 62.2 Å². The van der Waals surface area contributed by atoms with Gasteiger partial charge in [0, 0.05) is 43.2 Å². The van der Waals surface area contributed by atoms with Crippen molar-refractivity contribution in [3.8, 4) is 11.3 Å². The zero-order valence-electron chi connectivity index (χ0n) is 21.5. The third-order valence-corrected chi connectivity index (χ3v) is 7.49. The van der Waals surface area contributed by atoms with Crippen molar-refractivity contribution in [2.24, 2.45) is 0 Å². The molecule has 0 saturated heterocycles. The number of halogens is 2. The summed E-state index contributed by atoms with van der Waals surface area (Å²) in [5.41, 5.74) is 3.19. The fraction of sp³-hybridized carbons (Fsp3) is 0.393. The number of hydrogen-bond acceptors (Lipinski definition) is 6. The first-order chi connectivity index (χ1) is 18.4. The third kappa shape index (κ3) is 4.37. The van der Waals surface area contributed by atoms with Gasteiger partial charge in [0.25, 0.3) is 0 Å². The van der Waals surface area contributed by atoms with Crippen LogP contribution in [0, 0.1) is 18.6 Å². The number of aromatic nitrogens is 5. The fourth-order valence-corrected chi connectivity index (χ4v) is 5.33. The molecule has 0 radical (unpaired) electrons. The molecule has 1 fully saturated rings. The first-order valence-corrected chi connectivity index (χ1v) is 13.2. The van der Waals surface area contributed by atoms with Crippen molar-refractivity contribution in [2.45, 2.75) is 65.0 Å². The SMILES string of the molecule is CCCC(=O)N1CCc2nc(Nc3ncc(F)c(-c4cc(F)c5nc(C)n(C6CCC6)c5c4)n3)ccc2C1. The maximum Gasteiger partial charge on any atom is 0.229 e. The maximum atomic E-state index is 15.1. The Labute approximate surface area is 219 Å². The zero-order valence-corrected chi connectivity index (χ0v) is 21.5. The van der Waals surface area contributed by atoms with Gasteiger partial charge in [0.05, 0.1) is 11.7 Å². The molecular formula is C28H29F2N7O. The summed E-state index contributed by atoms with van der Waals surface area (Å²) in [6.07, 6.45) is 6.29. The van der Waals surface area contributed by atoms with Gasteiger partial charge < -0.3 is 14.8 Å². The summed E-state index contributed by atoms with van der Waals surface area (Å²) in [5, 5.41) is 3.06. The molecule has 0 spiro atoms. The van der Waals surface area contributed by atoms with Gasteiger partial charge in [-0.1, -0.05) is 13.0 Å². The molecule has 0 bridgehead atoms. The molecule has 8 nitrogen and oxygen atoms in total. The van der Waals surface area contributed by atoms with Gasteiger partial charge in [-0.3, -0.25) is 4.79 Å². The number of benzene rings is 1. The summed E-state index contributed by atoms with van der Waals surface area (Å²) in [6.45, 7) is 5.04. The fourth-order valence-electron chi connectivity index (χ4n) is 5.33. The minimum Gasteiger partial charge on any atom is -0.338 e. The van der Waals surface area contributed by atoms with Crippen molar-refractivity contribution in [3.05, 3.63) is 59.2 Å². The Hall–Kier alpha value is -3.95. The van der Waals surface area contributed by atoms with Crippen LogP contribution < -0.4 is 5.32 Å². The van der Waals surface area contributed by atoms with E-state index in [0.717, 1.165) is 49.0 Å². The number of carbonyl (C=O) groups excluding carboxylic acids is 1. The quantitative estimate of drug-likeness (QED) is 0.357. The minimum atomic E-state index is -0.643. The molecule has 1 amide bonds. The number of nitrogens with one attached hydrogen (secondary N) is 1. The summed E-state index contributed by atoms with van der Waals surface area (Å²) in [7, 11) is 0. The van der Waals surface area contributed by atoms with Gasteiger partial charge in [-0.2, -0.15) is 0 Å². The zero-order chi connectivity index (χ0) is 26.4. The highest BCUT2D eigenvalue weighted by Gasteiger charge is 2.26. The smallest absolute Gasteiger partial charge is 0.229 e. The second kappa shape index (κ2) is 9.74. The summed E-state index contributed by atoms with van der Waals surface area (Å²) >= 11 is 0. The molecule has 0 unspecified atom stereocenters. The van der Waals surface area contributed by atoms with Crippen LogP contribution >= 0.6 is 0 Å². The van der Waals surface area contributed by atoms with E-state index in [-0.39, 0.29) is 23.6 Å². The Morgan fingerprint density at radius 2 is 1.97 bits per heavy atom. The number of fused-ring (bicyclic) bond motifs is 2. The molecule has 1 aliphatic heterocycles. The number of imidazole rings is 1. The molecule has 4 aromatic rings. The number of pyridine rings is 1. The highest BCUT2D eigenvalue weighted by Crippen LogP contribution is 2.37. The number of aryl methyl sites for hydroxylation is 1. The first-order valence-electron chi connectivity index (χ1n) is 13.2. The van der Waals surface area contributed by atoms with Gasteiger partial charge >= 0.3 is 0 Å². The van der Waals surface area contributed by atoms with Crippen LogP contribution in [0.25, 0.3) is 22.3 Å². The van der Waals surface area contributed by atoms with Crippen LogP contribution in [0.2, 0.25) is 0 Å². The Balaban J connectivity index is 1.28. The van der Waals surface area contributed by atoms with Crippen molar-refractivity contribution in [1.29, 1.82) is 0 Å². The van der Waals surface area contributed by atoms with E-state index in [1.807, 2.05) is 24.8 Å². The number of anilines is 2. The van der Waals surface area contributed by atoms with E-state index in [1.165, 1.54) is 6.07 Å². The highest BCUT2D eigenvalue weighted by molar-refractivity contribution is 5.83. The summed E-state index contributed by atoms with van der Waals surface area (Å²) in [4.78, 5) is 31.7. The molecular weight excluding hydrogens is 488 g/mol. The van der Waals surface area contributed by atoms with Crippen molar-refractivity contribution in [3.63, 3.8) is 0 Å². The standard InChI is InChI=1S/C28H29F2N7O/c1-3-5-25(38)36-11-10-22-17(15-36)8-9-24(33-22)34-28-31-14-21(30)26(35-28)18-12-20(29)27-23(13-18)37(16(2)32-27)19-6-4-7-19/h8-9,12-14,19H,3-7,10-11,15H2,1-2H3,(H,31,33,34,35). The van der Waals surface area contributed by atoms with Crippen LogP contribution in [0.15, 0.2) is 30.5 Å². The molecule has 10 heteroatoms. The van der Waals surface area contributed by atoms with Gasteiger partial charge in [0.1, 0.15) is 22.9 Å². The lowest BCUT2D eigenvalue weighted by atomic mass is 9.92. The van der Waals surface area contributed by atoms with Gasteiger partial charge in [0.15, 0.2) is 11.6 Å². The van der Waals surface area contributed by atoms with E-state index in [9.17, 15) is 9.18 Å². The van der Waals surface area contributed by atoms with Gasteiger partial charge in [-0.15, -0.1) is 0 Å². The Morgan fingerprint density at radius 3 is 2.74 bits per heavy atom. The number of rotatable bonds is 6. The monoisotopic (exact) mass is 517 g/mol. The lowest BCUT2D eigenvalue weighted by Gasteiger charge is -2.28. The molecule has 4 heterocycles. The van der Waals surface area contributed by atoms with Crippen molar-refractivity contribution >= 4 is 28.7 Å². The summed E-state index contributed by atoms with van der Waals surface area (Å²) in [6, 6.07) is 7.05. The summed E-state index contributed by atoms with van der Waals surface area (Å²) in [5.74, 6) is 0.448. The van der Waals surface area contributed by atoms with E-state index in [2.05, 4.69) is 29.8 Å². The Kier molecular flexibility index (Phi) is 6.25. The molecule has 38 heavy (non-hydrogen) atoms. The second-order valence-electron chi connectivity index (χ2n) is 10.1. The predicted octanol–water partition coefficient (Wildman–Crippen LogP) is 5.63. The predicted molar refractivity (Wildman–Crippen MR) is 140 cm³/mol. The van der Waals surface area contributed by atoms with Crippen LogP contribution in [0.3, 0.4) is 0 Å². The third-order valence-electron chi connectivity index (χ3n) is 7.49. The normalized spacial score (nSPS) is 15.4. The second-order valence-corrected chi connectivity index (χ2v) is 10.1. The topological polar surface area (TPSA) is 88.8 Å². The molecule has 2 aliphatic rings. The van der Waals surface area contributed by atoms with Crippen LogP contribution in [0.4, 0.5) is 20.5 Å². The number of carbonyl (C=O) groups is 1. The Bertz CT molecular complexity index is 1550. The average molecular weight is 518 g/mol. The lowest BCUT2D eigenvalue weighted by Crippen LogP contribution is -2.36. The van der Waals surface area contributed by atoms with Gasteiger partial charge in [-0.25, -0.2) is 28.7 Å². The van der Waals surface area contributed by atoms with E-state index in [1.54, 1.807) is 12.1 Å². The van der Waals surface area contributed by atoms with Crippen molar-refractivity contribution in [2.75, 3.05) is 11.9 Å². The lowest BCUT2D eigenvalue weighted by molar-refractivity contribution is -0.132. The van der Waals surface area contributed by atoms with E-state index in [0.29, 0.717) is 48.3 Å². The van der Waals surface area contributed by atoms with Crippen LogP contribution in [-0.4, -0.2) is 41.9 Å². The number of nitrogens with zero attached hydrogens (tertiary/aromatic N) is 6. The molecule has 6 rings (SSSR count). The minimum absolute atomic E-state index is 0.00495. The first kappa shape index (κ1) is 24.4. The van der Waals surface area contributed by atoms with Crippen molar-refractivity contribution in [1.82, 2.24) is 29.4 Å². The molecule has 3 aromatic heterocycles. The van der Waals surface area contributed by atoms with Gasteiger partial charge in [-0.05, 0) is 56.4 Å². The molecule has 1 N–H and O–H groups in total. The average Bonchev–Trinajstić information content (AvgIpc) is 3.20. The Morgan fingerprint density at radius 1 is 1.13 bits per heavy atom. The molecule has 196 valence electrons. The molecule has 1 aromatic carbocycles. The highest BCUT2D eigenvalue weighted by atomic mass is 19.1. The number of amides is 1. The van der Waals surface area contributed by atoms with Crippen LogP contribution in [-0.2, 0) is 17.8 Å². The maximum absolute atomic E-state index is 15.1. The van der Waals surface area contributed by atoms with Gasteiger partial charge in [0.2, 0.25) is 11.9 Å².